The van der Waals surface area contributed by atoms with Crippen molar-refractivity contribution in [1.29, 1.82) is 0 Å². The molecule has 37 heavy (non-hydrogen) atoms. The molecule has 0 aromatic rings. The van der Waals surface area contributed by atoms with Gasteiger partial charge in [0.25, 0.3) is 0 Å². The summed E-state index contributed by atoms with van der Waals surface area (Å²) >= 11 is 0. The number of ether oxygens (including phenoxy) is 2. The second-order valence-corrected chi connectivity index (χ2v) is 10.9. The van der Waals surface area contributed by atoms with E-state index in [4.69, 9.17) is 9.47 Å². The topological polar surface area (TPSA) is 96.4 Å². The monoisotopic (exact) mass is 518 g/mol. The SMILES string of the molecule is C=CCCOC(=O)[C@H]1[C@H]2C(=O)N([C@@H](CO)[C@@H](C)CC)C(C(=O)N(CC=C)CCCC)C23CC[C@]1(CC)O3. The molecule has 0 radical (unpaired) electrons. The van der Waals surface area contributed by atoms with Gasteiger partial charge in [-0.05, 0) is 38.0 Å². The largest absolute Gasteiger partial charge is 0.465 e. The third-order valence-corrected chi connectivity index (χ3v) is 8.96. The summed E-state index contributed by atoms with van der Waals surface area (Å²) in [6.07, 6.45) is 8.00. The van der Waals surface area contributed by atoms with Crippen LogP contribution in [0.25, 0.3) is 0 Å². The van der Waals surface area contributed by atoms with E-state index in [0.29, 0.717) is 38.8 Å². The molecular weight excluding hydrogens is 472 g/mol. The van der Waals surface area contributed by atoms with Gasteiger partial charge in [0.2, 0.25) is 11.8 Å². The van der Waals surface area contributed by atoms with Gasteiger partial charge in [0, 0.05) is 13.1 Å². The Balaban J connectivity index is 2.12. The van der Waals surface area contributed by atoms with Gasteiger partial charge in [0.1, 0.15) is 17.6 Å². The van der Waals surface area contributed by atoms with Crippen molar-refractivity contribution in [2.75, 3.05) is 26.3 Å². The van der Waals surface area contributed by atoms with Crippen LogP contribution < -0.4 is 0 Å². The summed E-state index contributed by atoms with van der Waals surface area (Å²) in [7, 11) is 0. The first kappa shape index (κ1) is 29.4. The summed E-state index contributed by atoms with van der Waals surface area (Å²) in [5, 5.41) is 10.5. The standard InChI is InChI=1S/C29H46N2O6/c1-7-12-17-30(16-9-3)26(34)24-29-15-14-28(11-5,37-29)23(27(35)36-18-13-8-2)22(29)25(33)31(24)21(19-32)20(6)10-4/h8-9,20-24,32H,2-3,7,10-19H2,1,4-6H3/t20-,21-,22-,23+,24?,28-,29?/m0/s1. The molecule has 3 heterocycles. The molecule has 0 aromatic carbocycles. The number of aliphatic hydroxyl groups excluding tert-OH is 1. The molecule has 1 N–H and O–H groups in total. The highest BCUT2D eigenvalue weighted by molar-refractivity contribution is 5.98. The van der Waals surface area contributed by atoms with Crippen molar-refractivity contribution in [3.8, 4) is 0 Å². The van der Waals surface area contributed by atoms with Crippen LogP contribution in [-0.2, 0) is 23.9 Å². The molecule has 2 amide bonds. The van der Waals surface area contributed by atoms with E-state index < -0.39 is 41.1 Å². The third kappa shape index (κ3) is 4.87. The molecular formula is C29H46N2O6. The zero-order valence-electron chi connectivity index (χ0n) is 23.1. The van der Waals surface area contributed by atoms with Gasteiger partial charge in [-0.15, -0.1) is 13.2 Å². The maximum atomic E-state index is 14.3. The Morgan fingerprint density at radius 2 is 2.00 bits per heavy atom. The van der Waals surface area contributed by atoms with E-state index in [0.717, 1.165) is 19.3 Å². The van der Waals surface area contributed by atoms with E-state index in [-0.39, 0.29) is 30.9 Å². The molecule has 3 aliphatic rings. The van der Waals surface area contributed by atoms with Gasteiger partial charge >= 0.3 is 5.97 Å². The van der Waals surface area contributed by atoms with E-state index in [1.807, 2.05) is 20.8 Å². The molecule has 0 aromatic heterocycles. The number of likely N-dealkylation sites (tertiary alicyclic amines) is 1. The van der Waals surface area contributed by atoms with Gasteiger partial charge in [-0.2, -0.15) is 0 Å². The number of unbranched alkanes of at least 4 members (excludes halogenated alkanes) is 1. The second-order valence-electron chi connectivity index (χ2n) is 10.9. The van der Waals surface area contributed by atoms with Gasteiger partial charge in [-0.1, -0.05) is 52.7 Å². The van der Waals surface area contributed by atoms with Crippen LogP contribution in [0.5, 0.6) is 0 Å². The summed E-state index contributed by atoms with van der Waals surface area (Å²) in [6, 6.07) is -1.46. The van der Waals surface area contributed by atoms with Crippen molar-refractivity contribution in [2.24, 2.45) is 17.8 Å². The van der Waals surface area contributed by atoms with Gasteiger partial charge in [0.05, 0.1) is 30.8 Å². The smallest absolute Gasteiger partial charge is 0.312 e. The van der Waals surface area contributed by atoms with Crippen molar-refractivity contribution in [1.82, 2.24) is 9.80 Å². The molecule has 2 bridgehead atoms. The molecule has 3 saturated heterocycles. The Morgan fingerprint density at radius 1 is 1.27 bits per heavy atom. The average Bonchev–Trinajstić information content (AvgIpc) is 3.50. The molecule has 208 valence electrons. The van der Waals surface area contributed by atoms with Crippen LogP contribution >= 0.6 is 0 Å². The van der Waals surface area contributed by atoms with Crippen molar-refractivity contribution < 1.29 is 29.0 Å². The number of nitrogens with zero attached hydrogens (tertiary/aromatic N) is 2. The average molecular weight is 519 g/mol. The van der Waals surface area contributed by atoms with Crippen LogP contribution in [-0.4, -0.2) is 82.3 Å². The fourth-order valence-electron chi connectivity index (χ4n) is 6.77. The van der Waals surface area contributed by atoms with Crippen LogP contribution in [0.2, 0.25) is 0 Å². The molecule has 3 rings (SSSR count). The van der Waals surface area contributed by atoms with Crippen molar-refractivity contribution in [3.05, 3.63) is 25.3 Å². The summed E-state index contributed by atoms with van der Waals surface area (Å²) in [5.74, 6) is -2.58. The molecule has 8 nitrogen and oxygen atoms in total. The Labute approximate surface area is 222 Å². The highest BCUT2D eigenvalue weighted by Gasteiger charge is 2.79. The minimum absolute atomic E-state index is 0.0432. The van der Waals surface area contributed by atoms with Crippen molar-refractivity contribution in [2.45, 2.75) is 95.9 Å². The fourth-order valence-corrected chi connectivity index (χ4v) is 6.77. The summed E-state index contributed by atoms with van der Waals surface area (Å²) in [6.45, 7) is 16.4. The number of amides is 2. The fraction of sp³-hybridized carbons (Fsp3) is 0.759. The van der Waals surface area contributed by atoms with Gasteiger partial charge in [0.15, 0.2) is 0 Å². The minimum atomic E-state index is -1.13. The van der Waals surface area contributed by atoms with E-state index >= 15 is 0 Å². The van der Waals surface area contributed by atoms with Gasteiger partial charge in [-0.25, -0.2) is 0 Å². The molecule has 8 heteroatoms. The van der Waals surface area contributed by atoms with Crippen molar-refractivity contribution in [3.63, 3.8) is 0 Å². The number of carbonyl (C=O) groups is 3. The molecule has 1 spiro atoms. The first-order valence-corrected chi connectivity index (χ1v) is 14.0. The number of carbonyl (C=O) groups excluding carboxylic acids is 3. The lowest BCUT2D eigenvalue weighted by molar-refractivity contribution is -0.164. The van der Waals surface area contributed by atoms with Crippen LogP contribution in [0.1, 0.15) is 72.6 Å². The molecule has 0 aliphatic carbocycles. The number of esters is 1. The van der Waals surface area contributed by atoms with E-state index in [1.165, 1.54) is 0 Å². The normalized spacial score (nSPS) is 31.6. The zero-order chi connectivity index (χ0) is 27.4. The Kier molecular flexibility index (Phi) is 9.62. The lowest BCUT2D eigenvalue weighted by atomic mass is 9.65. The Hall–Kier alpha value is -2.19. The Bertz CT molecular complexity index is 876. The van der Waals surface area contributed by atoms with Crippen LogP contribution in [0.4, 0.5) is 0 Å². The molecule has 0 saturated carbocycles. The van der Waals surface area contributed by atoms with Crippen LogP contribution in [0.3, 0.4) is 0 Å². The Morgan fingerprint density at radius 3 is 2.57 bits per heavy atom. The lowest BCUT2D eigenvalue weighted by Gasteiger charge is -2.41. The summed E-state index contributed by atoms with van der Waals surface area (Å²) in [5.41, 5.74) is -1.97. The molecule has 3 aliphatic heterocycles. The van der Waals surface area contributed by atoms with E-state index in [2.05, 4.69) is 20.1 Å². The second kappa shape index (κ2) is 12.1. The summed E-state index contributed by atoms with van der Waals surface area (Å²) < 4.78 is 12.4. The highest BCUT2D eigenvalue weighted by atomic mass is 16.6. The number of rotatable bonds is 15. The van der Waals surface area contributed by atoms with Crippen LogP contribution in [0, 0.1) is 17.8 Å². The first-order chi connectivity index (χ1) is 17.7. The van der Waals surface area contributed by atoms with E-state index in [9.17, 15) is 19.5 Å². The number of hydrogen-bond donors (Lipinski definition) is 1. The highest BCUT2D eigenvalue weighted by Crippen LogP contribution is 2.65. The van der Waals surface area contributed by atoms with E-state index in [1.54, 1.807) is 22.0 Å². The molecule has 3 fully saturated rings. The first-order valence-electron chi connectivity index (χ1n) is 14.0. The number of fused-ring (bicyclic) bond motifs is 1. The maximum absolute atomic E-state index is 14.3. The molecule has 7 atom stereocenters. The van der Waals surface area contributed by atoms with Crippen LogP contribution in [0.15, 0.2) is 25.3 Å². The third-order valence-electron chi connectivity index (χ3n) is 8.96. The predicted molar refractivity (Wildman–Crippen MR) is 141 cm³/mol. The summed E-state index contributed by atoms with van der Waals surface area (Å²) in [4.78, 5) is 45.5. The van der Waals surface area contributed by atoms with Gasteiger partial charge < -0.3 is 24.4 Å². The number of aliphatic hydroxyl groups is 1. The lowest BCUT2D eigenvalue weighted by Crippen LogP contribution is -2.60. The minimum Gasteiger partial charge on any atom is -0.465 e. The quantitative estimate of drug-likeness (QED) is 0.203. The number of hydrogen-bond acceptors (Lipinski definition) is 6. The zero-order valence-corrected chi connectivity index (χ0v) is 23.1. The molecule has 2 unspecified atom stereocenters. The maximum Gasteiger partial charge on any atom is 0.312 e. The van der Waals surface area contributed by atoms with Gasteiger partial charge in [-0.3, -0.25) is 14.4 Å². The van der Waals surface area contributed by atoms with Crippen molar-refractivity contribution >= 4 is 17.8 Å². The predicted octanol–water partition coefficient (Wildman–Crippen LogP) is 3.48.